The quantitative estimate of drug-likeness (QED) is 0.433. The highest BCUT2D eigenvalue weighted by Gasteiger charge is 2.11. The molecule has 0 bridgehead atoms. The Labute approximate surface area is 81.1 Å². The average Bonchev–Trinajstić information content (AvgIpc) is 2.19. The summed E-state index contributed by atoms with van der Waals surface area (Å²) in [6.07, 6.45) is 2.72. The van der Waals surface area contributed by atoms with Crippen LogP contribution in [0.2, 0.25) is 0 Å². The van der Waals surface area contributed by atoms with Gasteiger partial charge in [-0.25, -0.2) is 0 Å². The molecule has 0 aliphatic rings. The Morgan fingerprint density at radius 3 is 3.14 bits per heavy atom. The van der Waals surface area contributed by atoms with E-state index in [4.69, 9.17) is 4.74 Å². The lowest BCUT2D eigenvalue weighted by Crippen LogP contribution is -2.09. The van der Waals surface area contributed by atoms with E-state index < -0.39 is 4.92 Å². The van der Waals surface area contributed by atoms with Crippen LogP contribution in [0.4, 0.5) is 11.4 Å². The van der Waals surface area contributed by atoms with E-state index in [1.54, 1.807) is 13.2 Å². The van der Waals surface area contributed by atoms with Crippen molar-refractivity contribution in [2.24, 2.45) is 0 Å². The molecule has 14 heavy (non-hydrogen) atoms. The number of pyridine rings is 1. The second-order valence-corrected chi connectivity index (χ2v) is 2.57. The predicted octanol–water partition coefficient (Wildman–Crippen LogP) is 1.05. The van der Waals surface area contributed by atoms with E-state index in [2.05, 4.69) is 10.3 Å². The Bertz CT molecular complexity index is 316. The molecule has 1 aromatic heterocycles. The lowest BCUT2D eigenvalue weighted by Gasteiger charge is -2.04. The van der Waals surface area contributed by atoms with Crippen molar-refractivity contribution in [2.45, 2.75) is 0 Å². The van der Waals surface area contributed by atoms with Gasteiger partial charge in [-0.2, -0.15) is 0 Å². The third kappa shape index (κ3) is 2.67. The number of rotatable bonds is 5. The molecule has 0 amide bonds. The maximum absolute atomic E-state index is 10.5. The van der Waals surface area contributed by atoms with Crippen molar-refractivity contribution in [1.29, 1.82) is 0 Å². The molecule has 1 aromatic rings. The van der Waals surface area contributed by atoms with E-state index in [9.17, 15) is 10.1 Å². The number of hydrogen-bond donors (Lipinski definition) is 1. The van der Waals surface area contributed by atoms with Gasteiger partial charge in [0, 0.05) is 19.9 Å². The zero-order valence-electron chi connectivity index (χ0n) is 7.77. The van der Waals surface area contributed by atoms with Crippen LogP contribution in [-0.4, -0.2) is 30.2 Å². The van der Waals surface area contributed by atoms with Gasteiger partial charge >= 0.3 is 5.69 Å². The molecule has 1 heterocycles. The van der Waals surface area contributed by atoms with E-state index in [0.29, 0.717) is 18.8 Å². The fraction of sp³-hybridized carbons (Fsp3) is 0.375. The molecule has 0 aliphatic carbocycles. The van der Waals surface area contributed by atoms with Crippen molar-refractivity contribution >= 4 is 11.4 Å². The summed E-state index contributed by atoms with van der Waals surface area (Å²) >= 11 is 0. The molecule has 76 valence electrons. The highest BCUT2D eigenvalue weighted by atomic mass is 16.6. The van der Waals surface area contributed by atoms with Gasteiger partial charge in [0.05, 0.1) is 11.5 Å². The van der Waals surface area contributed by atoms with Crippen molar-refractivity contribution in [1.82, 2.24) is 4.98 Å². The molecule has 6 nitrogen and oxygen atoms in total. The maximum Gasteiger partial charge on any atom is 0.310 e. The van der Waals surface area contributed by atoms with Crippen molar-refractivity contribution in [3.8, 4) is 0 Å². The fourth-order valence-electron chi connectivity index (χ4n) is 0.969. The van der Waals surface area contributed by atoms with Crippen LogP contribution in [0.5, 0.6) is 0 Å². The number of hydrogen-bond acceptors (Lipinski definition) is 5. The van der Waals surface area contributed by atoms with E-state index in [1.165, 1.54) is 12.4 Å². The first-order valence-corrected chi connectivity index (χ1v) is 4.07. The zero-order chi connectivity index (χ0) is 10.4. The van der Waals surface area contributed by atoms with Crippen molar-refractivity contribution in [3.63, 3.8) is 0 Å². The third-order valence-corrected chi connectivity index (χ3v) is 1.62. The van der Waals surface area contributed by atoms with Gasteiger partial charge in [-0.1, -0.05) is 0 Å². The summed E-state index contributed by atoms with van der Waals surface area (Å²) in [7, 11) is 1.57. The van der Waals surface area contributed by atoms with Gasteiger partial charge < -0.3 is 10.1 Å². The minimum absolute atomic E-state index is 0.0244. The molecule has 0 saturated carbocycles. The van der Waals surface area contributed by atoms with Crippen LogP contribution in [0, 0.1) is 10.1 Å². The van der Waals surface area contributed by atoms with E-state index in [1.807, 2.05) is 0 Å². The highest BCUT2D eigenvalue weighted by Crippen LogP contribution is 2.21. The Morgan fingerprint density at radius 2 is 2.50 bits per heavy atom. The third-order valence-electron chi connectivity index (χ3n) is 1.62. The van der Waals surface area contributed by atoms with Gasteiger partial charge in [-0.15, -0.1) is 0 Å². The lowest BCUT2D eigenvalue weighted by molar-refractivity contribution is -0.384. The molecule has 0 unspecified atom stereocenters. The summed E-state index contributed by atoms with van der Waals surface area (Å²) in [6, 6.07) is 1.56. The van der Waals surface area contributed by atoms with Gasteiger partial charge in [0.15, 0.2) is 0 Å². The first-order valence-electron chi connectivity index (χ1n) is 4.07. The second kappa shape index (κ2) is 5.13. The predicted molar refractivity (Wildman–Crippen MR) is 51.3 cm³/mol. The number of nitrogens with one attached hydrogen (secondary N) is 1. The first-order chi connectivity index (χ1) is 6.75. The Hall–Kier alpha value is -1.69. The summed E-state index contributed by atoms with van der Waals surface area (Å²) in [5, 5.41) is 13.4. The second-order valence-electron chi connectivity index (χ2n) is 2.57. The fourth-order valence-corrected chi connectivity index (χ4v) is 0.969. The highest BCUT2D eigenvalue weighted by molar-refractivity contribution is 5.59. The standard InChI is InChI=1S/C8H11N3O3/c1-14-5-4-10-7-2-3-9-6-8(7)11(12)13/h2-3,6H,4-5H2,1H3,(H,9,10). The van der Waals surface area contributed by atoms with E-state index >= 15 is 0 Å². The Balaban J connectivity index is 2.69. The van der Waals surface area contributed by atoms with Gasteiger partial charge in [-0.05, 0) is 6.07 Å². The normalized spacial score (nSPS) is 9.79. The van der Waals surface area contributed by atoms with E-state index in [-0.39, 0.29) is 5.69 Å². The number of methoxy groups -OCH3 is 1. The van der Waals surface area contributed by atoms with Crippen molar-refractivity contribution in [2.75, 3.05) is 25.6 Å². The molecule has 0 spiro atoms. The molecular weight excluding hydrogens is 186 g/mol. The minimum atomic E-state index is -0.470. The number of ether oxygens (including phenoxy) is 1. The smallest absolute Gasteiger partial charge is 0.310 e. The van der Waals surface area contributed by atoms with Crippen LogP contribution in [0.15, 0.2) is 18.5 Å². The number of aromatic nitrogens is 1. The molecule has 0 radical (unpaired) electrons. The van der Waals surface area contributed by atoms with Crippen molar-refractivity contribution in [3.05, 3.63) is 28.6 Å². The zero-order valence-corrected chi connectivity index (χ0v) is 7.77. The van der Waals surface area contributed by atoms with Crippen LogP contribution in [0.3, 0.4) is 0 Å². The molecule has 1 N–H and O–H groups in total. The maximum atomic E-state index is 10.5. The van der Waals surface area contributed by atoms with Crippen LogP contribution in [0.1, 0.15) is 0 Å². The molecular formula is C8H11N3O3. The summed E-state index contributed by atoms with van der Waals surface area (Å²) in [5.41, 5.74) is 0.436. The molecule has 0 aliphatic heterocycles. The Morgan fingerprint density at radius 1 is 1.71 bits per heavy atom. The van der Waals surface area contributed by atoms with Gasteiger partial charge in [-0.3, -0.25) is 15.1 Å². The summed E-state index contributed by atoms with van der Waals surface area (Å²) < 4.78 is 4.82. The van der Waals surface area contributed by atoms with Gasteiger partial charge in [0.2, 0.25) is 0 Å². The summed E-state index contributed by atoms with van der Waals surface area (Å²) in [4.78, 5) is 13.8. The number of nitrogens with zero attached hydrogens (tertiary/aromatic N) is 2. The van der Waals surface area contributed by atoms with Crippen LogP contribution >= 0.6 is 0 Å². The molecule has 0 saturated heterocycles. The van der Waals surface area contributed by atoms with Gasteiger partial charge in [0.1, 0.15) is 11.9 Å². The first kappa shape index (κ1) is 10.4. The Kier molecular flexibility index (Phi) is 3.81. The molecule has 0 atom stereocenters. The molecule has 6 heteroatoms. The molecule has 0 fully saturated rings. The average molecular weight is 197 g/mol. The minimum Gasteiger partial charge on any atom is -0.383 e. The largest absolute Gasteiger partial charge is 0.383 e. The monoisotopic (exact) mass is 197 g/mol. The topological polar surface area (TPSA) is 77.3 Å². The molecule has 1 rings (SSSR count). The number of nitro groups is 1. The SMILES string of the molecule is COCCNc1ccncc1[N+](=O)[O-]. The summed E-state index contributed by atoms with van der Waals surface area (Å²) in [6.45, 7) is 1.03. The van der Waals surface area contributed by atoms with Crippen LogP contribution in [-0.2, 0) is 4.74 Å². The summed E-state index contributed by atoms with van der Waals surface area (Å²) in [5.74, 6) is 0. The van der Waals surface area contributed by atoms with Gasteiger partial charge in [0.25, 0.3) is 0 Å². The van der Waals surface area contributed by atoms with Crippen LogP contribution in [0.25, 0.3) is 0 Å². The lowest BCUT2D eigenvalue weighted by atomic mass is 10.3. The number of anilines is 1. The van der Waals surface area contributed by atoms with Crippen molar-refractivity contribution < 1.29 is 9.66 Å². The van der Waals surface area contributed by atoms with E-state index in [0.717, 1.165) is 0 Å². The van der Waals surface area contributed by atoms with Crippen LogP contribution < -0.4 is 5.32 Å². The molecule has 0 aromatic carbocycles.